The van der Waals surface area contributed by atoms with Crippen molar-refractivity contribution in [3.05, 3.63) is 52.1 Å². The number of Topliss-reactive ketones (excluding diaryl/α,β-unsaturated/α-hetero) is 2. The lowest BCUT2D eigenvalue weighted by Crippen LogP contribution is -2.58. The fourth-order valence-corrected chi connectivity index (χ4v) is 5.48. The van der Waals surface area contributed by atoms with E-state index in [1.54, 1.807) is 12.3 Å². The molecular weight excluding hydrogens is 456 g/mol. The quantitative estimate of drug-likeness (QED) is 0.401. The van der Waals surface area contributed by atoms with Crippen molar-refractivity contribution in [2.45, 2.75) is 44.6 Å². The first kappa shape index (κ1) is 22.8. The van der Waals surface area contributed by atoms with E-state index in [9.17, 15) is 34.8 Å². The van der Waals surface area contributed by atoms with Gasteiger partial charge in [-0.15, -0.1) is 5.10 Å². The highest BCUT2D eigenvalue weighted by molar-refractivity contribution is 6.22. The van der Waals surface area contributed by atoms with Gasteiger partial charge in [0.15, 0.2) is 11.4 Å². The van der Waals surface area contributed by atoms with Crippen molar-refractivity contribution in [1.29, 1.82) is 0 Å². The Balaban J connectivity index is 1.68. The summed E-state index contributed by atoms with van der Waals surface area (Å²) in [6.07, 6.45) is 1.63. The van der Waals surface area contributed by atoms with Crippen LogP contribution in [0.1, 0.15) is 49.4 Å². The van der Waals surface area contributed by atoms with Crippen molar-refractivity contribution in [3.8, 4) is 11.4 Å². The lowest BCUT2D eigenvalue weighted by molar-refractivity contribution is -0.147. The molecule has 1 saturated carbocycles. The van der Waals surface area contributed by atoms with Gasteiger partial charge in [-0.05, 0) is 42.4 Å². The van der Waals surface area contributed by atoms with Gasteiger partial charge in [-0.2, -0.15) is 0 Å². The maximum absolute atomic E-state index is 13.5. The Morgan fingerprint density at radius 3 is 2.54 bits per heavy atom. The normalized spacial score (nSPS) is 26.1. The SMILES string of the molecule is CC(C)c1cn(-c2ccc(O)c3c2C[C@H]2C[C@H]4CC(=O)C(C(N)=O)=C(O)[C@@]4(O)C(=O)C2=C3O)nn1. The van der Waals surface area contributed by atoms with Crippen molar-refractivity contribution in [1.82, 2.24) is 15.0 Å². The van der Waals surface area contributed by atoms with Crippen LogP contribution in [0.5, 0.6) is 5.75 Å². The smallest absolute Gasteiger partial charge is 0.255 e. The van der Waals surface area contributed by atoms with Gasteiger partial charge in [0.1, 0.15) is 22.8 Å². The molecule has 0 bridgehead atoms. The molecule has 182 valence electrons. The summed E-state index contributed by atoms with van der Waals surface area (Å²) < 4.78 is 1.53. The summed E-state index contributed by atoms with van der Waals surface area (Å²) in [5.74, 6) is -6.47. The zero-order chi connectivity index (χ0) is 25.4. The minimum atomic E-state index is -2.58. The van der Waals surface area contributed by atoms with Crippen LogP contribution in [0.15, 0.2) is 35.2 Å². The number of carbonyl (C=O) groups is 3. The summed E-state index contributed by atoms with van der Waals surface area (Å²) in [6.45, 7) is 3.93. The molecule has 0 aliphatic heterocycles. The Morgan fingerprint density at radius 2 is 1.91 bits per heavy atom. The van der Waals surface area contributed by atoms with E-state index in [1.165, 1.54) is 10.7 Å². The predicted molar refractivity (Wildman–Crippen MR) is 120 cm³/mol. The largest absolute Gasteiger partial charge is 0.508 e. The first-order chi connectivity index (χ1) is 16.5. The molecule has 0 saturated heterocycles. The summed E-state index contributed by atoms with van der Waals surface area (Å²) in [4.78, 5) is 37.7. The molecule has 0 spiro atoms. The molecule has 1 amide bonds. The van der Waals surface area contributed by atoms with Gasteiger partial charge in [0.05, 0.1) is 23.1 Å². The molecular formula is C24H24N4O7. The first-order valence-electron chi connectivity index (χ1n) is 11.2. The second-order valence-electron chi connectivity index (χ2n) is 9.61. The molecule has 6 N–H and O–H groups in total. The second-order valence-corrected chi connectivity index (χ2v) is 9.61. The fourth-order valence-electron chi connectivity index (χ4n) is 5.48. The van der Waals surface area contributed by atoms with Crippen LogP contribution in [0.3, 0.4) is 0 Å². The van der Waals surface area contributed by atoms with Gasteiger partial charge >= 0.3 is 0 Å². The number of fused-ring (bicyclic) bond motifs is 3. The minimum Gasteiger partial charge on any atom is -0.508 e. The van der Waals surface area contributed by atoms with E-state index in [2.05, 4.69) is 10.3 Å². The predicted octanol–water partition coefficient (Wildman–Crippen LogP) is 1.13. The Hall–Kier alpha value is -3.99. The van der Waals surface area contributed by atoms with Crippen LogP contribution in [0.4, 0.5) is 0 Å². The molecule has 2 aromatic rings. The van der Waals surface area contributed by atoms with Crippen molar-refractivity contribution >= 4 is 23.2 Å². The topological polar surface area (TPSA) is 189 Å². The van der Waals surface area contributed by atoms with E-state index >= 15 is 0 Å². The number of aliphatic hydroxyl groups is 3. The molecule has 1 fully saturated rings. The van der Waals surface area contributed by atoms with E-state index in [1.807, 2.05) is 13.8 Å². The number of aromatic nitrogens is 3. The van der Waals surface area contributed by atoms with Crippen LogP contribution in [0.2, 0.25) is 0 Å². The number of rotatable bonds is 3. The molecule has 1 heterocycles. The number of carbonyl (C=O) groups excluding carboxylic acids is 3. The molecule has 35 heavy (non-hydrogen) atoms. The van der Waals surface area contributed by atoms with E-state index in [4.69, 9.17) is 5.73 Å². The number of aromatic hydroxyl groups is 1. The highest BCUT2D eigenvalue weighted by atomic mass is 16.3. The number of primary amides is 1. The Morgan fingerprint density at radius 1 is 1.20 bits per heavy atom. The summed E-state index contributed by atoms with van der Waals surface area (Å²) >= 11 is 0. The lowest BCUT2D eigenvalue weighted by atomic mass is 9.59. The van der Waals surface area contributed by atoms with Gasteiger partial charge in [-0.1, -0.05) is 19.1 Å². The Labute approximate surface area is 199 Å². The number of aliphatic hydroxyl groups excluding tert-OH is 2. The number of hydrogen-bond donors (Lipinski definition) is 5. The van der Waals surface area contributed by atoms with Crippen molar-refractivity contribution in [2.75, 3.05) is 0 Å². The van der Waals surface area contributed by atoms with Gasteiger partial charge in [0.25, 0.3) is 5.91 Å². The maximum atomic E-state index is 13.5. The number of nitrogens with two attached hydrogens (primary N) is 1. The van der Waals surface area contributed by atoms with Crippen LogP contribution < -0.4 is 5.73 Å². The van der Waals surface area contributed by atoms with E-state index in [0.29, 0.717) is 11.3 Å². The molecule has 11 heteroatoms. The number of nitrogens with zero attached hydrogens (tertiary/aromatic N) is 3. The third-order valence-corrected chi connectivity index (χ3v) is 7.27. The highest BCUT2D eigenvalue weighted by Crippen LogP contribution is 2.52. The molecule has 0 unspecified atom stereocenters. The van der Waals surface area contributed by atoms with Crippen LogP contribution >= 0.6 is 0 Å². The highest BCUT2D eigenvalue weighted by Gasteiger charge is 2.60. The van der Waals surface area contributed by atoms with Crippen LogP contribution in [-0.2, 0) is 20.8 Å². The molecule has 1 aromatic heterocycles. The van der Waals surface area contributed by atoms with E-state index < -0.39 is 52.0 Å². The van der Waals surface area contributed by atoms with Crippen molar-refractivity contribution in [2.24, 2.45) is 17.6 Å². The summed E-state index contributed by atoms with van der Waals surface area (Å²) in [5, 5.41) is 52.0. The maximum Gasteiger partial charge on any atom is 0.255 e. The fraction of sp³-hybridized carbons (Fsp3) is 0.375. The number of benzene rings is 1. The average Bonchev–Trinajstić information content (AvgIpc) is 3.26. The number of phenolic OH excluding ortho intramolecular Hbond substituents is 1. The average molecular weight is 480 g/mol. The minimum absolute atomic E-state index is 0.0104. The summed E-state index contributed by atoms with van der Waals surface area (Å²) in [6, 6.07) is 2.98. The second kappa shape index (κ2) is 7.51. The monoisotopic (exact) mass is 480 g/mol. The molecule has 11 nitrogen and oxygen atoms in total. The molecule has 0 radical (unpaired) electrons. The molecule has 3 aliphatic carbocycles. The lowest BCUT2D eigenvalue weighted by Gasteiger charge is -2.46. The number of phenols is 1. The summed E-state index contributed by atoms with van der Waals surface area (Å²) in [7, 11) is 0. The standard InChI is InChI=1S/C24H24N4O7/c1-9(2)13-8-28(27-26-13)14-3-4-15(29)18-12(14)6-10-5-11-7-16(30)19(23(25)34)22(33)24(11,35)21(32)17(10)20(18)31/h3-4,8-11,29,31,33,35H,5-7H2,1-2H3,(H2,25,34)/t10-,11+,24+/m1/s1. The Kier molecular flexibility index (Phi) is 4.89. The zero-order valence-electron chi connectivity index (χ0n) is 19.0. The van der Waals surface area contributed by atoms with Crippen LogP contribution in [0.25, 0.3) is 11.4 Å². The van der Waals surface area contributed by atoms with Crippen LogP contribution in [-0.4, -0.2) is 58.5 Å². The molecule has 3 aliphatic rings. The van der Waals surface area contributed by atoms with Gasteiger partial charge in [0, 0.05) is 17.9 Å². The zero-order valence-corrected chi connectivity index (χ0v) is 19.0. The van der Waals surface area contributed by atoms with E-state index in [-0.39, 0.29) is 42.1 Å². The Bertz CT molecular complexity index is 1390. The van der Waals surface area contributed by atoms with Crippen molar-refractivity contribution < 1.29 is 34.8 Å². The van der Waals surface area contributed by atoms with Gasteiger partial charge in [-0.25, -0.2) is 4.68 Å². The molecule has 3 atom stereocenters. The molecule has 5 rings (SSSR count). The van der Waals surface area contributed by atoms with Crippen LogP contribution in [0, 0.1) is 11.8 Å². The van der Waals surface area contributed by atoms with Gasteiger partial charge in [0.2, 0.25) is 5.78 Å². The number of hydrogen-bond acceptors (Lipinski definition) is 9. The van der Waals surface area contributed by atoms with Crippen molar-refractivity contribution in [3.63, 3.8) is 0 Å². The third kappa shape index (κ3) is 3.04. The summed E-state index contributed by atoms with van der Waals surface area (Å²) in [5.41, 5.74) is 3.45. The van der Waals surface area contributed by atoms with E-state index in [0.717, 1.165) is 5.69 Å². The third-order valence-electron chi connectivity index (χ3n) is 7.27. The molecule has 1 aromatic carbocycles. The van der Waals surface area contributed by atoms with Gasteiger partial charge < -0.3 is 26.2 Å². The van der Waals surface area contributed by atoms with Gasteiger partial charge in [-0.3, -0.25) is 14.4 Å². The first-order valence-corrected chi connectivity index (χ1v) is 11.2. The number of ketones is 2. The number of amides is 1.